The van der Waals surface area contributed by atoms with E-state index in [0.717, 1.165) is 36.4 Å². The van der Waals surface area contributed by atoms with Gasteiger partial charge in [0.1, 0.15) is 5.54 Å². The summed E-state index contributed by atoms with van der Waals surface area (Å²) >= 11 is 6.03. The van der Waals surface area contributed by atoms with Crippen molar-refractivity contribution in [2.45, 2.75) is 57.5 Å². The van der Waals surface area contributed by atoms with E-state index in [1.165, 1.54) is 0 Å². The van der Waals surface area contributed by atoms with E-state index in [-0.39, 0.29) is 18.2 Å². The van der Waals surface area contributed by atoms with E-state index in [4.69, 9.17) is 11.6 Å². The largest absolute Gasteiger partial charge is 0.344 e. The zero-order chi connectivity index (χ0) is 20.1. The first-order chi connectivity index (χ1) is 13.4. The van der Waals surface area contributed by atoms with Crippen LogP contribution in [0.2, 0.25) is 5.02 Å². The zero-order valence-corrected chi connectivity index (χ0v) is 16.9. The number of amides is 4. The molecule has 0 aromatic heterocycles. The Morgan fingerprint density at radius 3 is 2.71 bits per heavy atom. The number of urea groups is 1. The summed E-state index contributed by atoms with van der Waals surface area (Å²) < 4.78 is 0. The van der Waals surface area contributed by atoms with Gasteiger partial charge in [-0.2, -0.15) is 5.01 Å². The minimum absolute atomic E-state index is 0.193. The molecule has 4 amide bonds. The second kappa shape index (κ2) is 8.92. The summed E-state index contributed by atoms with van der Waals surface area (Å²) in [6.45, 7) is 3.99. The maximum atomic E-state index is 12.7. The Kier molecular flexibility index (Phi) is 6.57. The lowest BCUT2D eigenvalue weighted by molar-refractivity contribution is -0.140. The van der Waals surface area contributed by atoms with E-state index in [2.05, 4.69) is 15.6 Å². The lowest BCUT2D eigenvalue weighted by Gasteiger charge is -2.30. The van der Waals surface area contributed by atoms with Crippen LogP contribution in [0.4, 0.5) is 4.79 Å². The number of nitrogens with zero attached hydrogens (tertiary/aromatic N) is 2. The molecule has 2 fully saturated rings. The number of imide groups is 1. The monoisotopic (exact) mass is 406 g/mol. The second-order valence-electron chi connectivity index (χ2n) is 7.50. The van der Waals surface area contributed by atoms with Gasteiger partial charge in [0.15, 0.2) is 0 Å². The molecule has 3 rings (SSSR count). The van der Waals surface area contributed by atoms with Crippen molar-refractivity contribution in [3.05, 3.63) is 34.9 Å². The molecule has 1 aliphatic carbocycles. The van der Waals surface area contributed by atoms with Crippen LogP contribution >= 0.6 is 11.6 Å². The minimum atomic E-state index is -0.829. The van der Waals surface area contributed by atoms with E-state index in [0.29, 0.717) is 31.0 Å². The fourth-order valence-corrected chi connectivity index (χ4v) is 4.11. The van der Waals surface area contributed by atoms with Crippen molar-refractivity contribution in [3.8, 4) is 0 Å². The Balaban J connectivity index is 1.52. The number of hydrazine groups is 1. The number of carbonyl (C=O) groups excluding carboxylic acids is 3. The Morgan fingerprint density at radius 1 is 1.29 bits per heavy atom. The molecule has 0 radical (unpaired) electrons. The van der Waals surface area contributed by atoms with Crippen LogP contribution in [0, 0.1) is 0 Å². The third-order valence-corrected chi connectivity index (χ3v) is 5.74. The van der Waals surface area contributed by atoms with Gasteiger partial charge >= 0.3 is 6.03 Å². The van der Waals surface area contributed by atoms with Crippen LogP contribution in [0.25, 0.3) is 0 Å². The first-order valence-electron chi connectivity index (χ1n) is 9.86. The number of carbonyl (C=O) groups is 3. The highest BCUT2D eigenvalue weighted by molar-refractivity contribution is 6.30. The van der Waals surface area contributed by atoms with Crippen LogP contribution in [-0.4, -0.2) is 46.4 Å². The molecule has 1 aliphatic heterocycles. The van der Waals surface area contributed by atoms with E-state index in [9.17, 15) is 14.4 Å². The van der Waals surface area contributed by atoms with Crippen LogP contribution in [0.5, 0.6) is 0 Å². The number of hydrogen-bond acceptors (Lipinski definition) is 4. The Labute approximate surface area is 170 Å². The number of nitrogens with one attached hydrogen (secondary N) is 2. The van der Waals surface area contributed by atoms with Gasteiger partial charge in [-0.15, -0.1) is 0 Å². The van der Waals surface area contributed by atoms with Crippen LogP contribution < -0.4 is 10.7 Å². The summed E-state index contributed by atoms with van der Waals surface area (Å²) in [7, 11) is 0. The van der Waals surface area contributed by atoms with Gasteiger partial charge < -0.3 is 5.32 Å². The van der Waals surface area contributed by atoms with Gasteiger partial charge in [0.25, 0.3) is 5.91 Å². The fourth-order valence-electron chi connectivity index (χ4n) is 3.90. The Morgan fingerprint density at radius 2 is 2.04 bits per heavy atom. The standard InChI is InChI=1S/C20H27ClN4O3/c1-2-24(14-15-7-6-8-16(21)13-15)12-9-17(26)23-25-18(27)20(22-19(25)28)10-4-3-5-11-20/h6-8,13H,2-5,9-12,14H2,1H3,(H,22,28)(H,23,26). The Bertz CT molecular complexity index is 749. The third-order valence-electron chi connectivity index (χ3n) is 5.50. The molecule has 7 nitrogen and oxygen atoms in total. The third kappa shape index (κ3) is 4.64. The molecule has 1 aromatic carbocycles. The first kappa shape index (κ1) is 20.6. The lowest BCUT2D eigenvalue weighted by Crippen LogP contribution is -2.51. The number of rotatable bonds is 7. The van der Waals surface area contributed by atoms with Crippen LogP contribution in [0.15, 0.2) is 24.3 Å². The van der Waals surface area contributed by atoms with E-state index in [1.54, 1.807) is 0 Å². The van der Waals surface area contributed by atoms with Crippen molar-refractivity contribution in [2.24, 2.45) is 0 Å². The molecule has 1 heterocycles. The van der Waals surface area contributed by atoms with Crippen LogP contribution in [0.1, 0.15) is 51.0 Å². The van der Waals surface area contributed by atoms with Crippen molar-refractivity contribution in [1.29, 1.82) is 0 Å². The molecule has 0 unspecified atom stereocenters. The van der Waals surface area contributed by atoms with Gasteiger partial charge in [0.2, 0.25) is 5.91 Å². The highest BCUT2D eigenvalue weighted by Crippen LogP contribution is 2.33. The SMILES string of the molecule is CCN(CCC(=O)NN1C(=O)NC2(CCCCC2)C1=O)Cc1cccc(Cl)c1. The molecular weight excluding hydrogens is 380 g/mol. The van der Waals surface area contributed by atoms with Crippen molar-refractivity contribution in [3.63, 3.8) is 0 Å². The number of halogens is 1. The first-order valence-corrected chi connectivity index (χ1v) is 10.2. The molecule has 8 heteroatoms. The van der Waals surface area contributed by atoms with E-state index >= 15 is 0 Å². The predicted octanol–water partition coefficient (Wildman–Crippen LogP) is 2.84. The minimum Gasteiger partial charge on any atom is -0.322 e. The van der Waals surface area contributed by atoms with Crippen molar-refractivity contribution >= 4 is 29.4 Å². The van der Waals surface area contributed by atoms with Crippen molar-refractivity contribution in [2.75, 3.05) is 13.1 Å². The fraction of sp³-hybridized carbons (Fsp3) is 0.550. The van der Waals surface area contributed by atoms with Gasteiger partial charge in [-0.1, -0.05) is 49.9 Å². The van der Waals surface area contributed by atoms with Crippen LogP contribution in [0.3, 0.4) is 0 Å². The molecule has 2 N–H and O–H groups in total. The summed E-state index contributed by atoms with van der Waals surface area (Å²) in [5.41, 5.74) is 2.73. The van der Waals surface area contributed by atoms with Gasteiger partial charge in [-0.3, -0.25) is 19.9 Å². The topological polar surface area (TPSA) is 81.8 Å². The molecular formula is C20H27ClN4O3. The second-order valence-corrected chi connectivity index (χ2v) is 7.93. The van der Waals surface area contributed by atoms with Gasteiger partial charge in [0, 0.05) is 24.5 Å². The van der Waals surface area contributed by atoms with E-state index < -0.39 is 11.6 Å². The summed E-state index contributed by atoms with van der Waals surface area (Å²) in [6, 6.07) is 7.08. The molecule has 1 saturated carbocycles. The molecule has 0 bridgehead atoms. The summed E-state index contributed by atoms with van der Waals surface area (Å²) in [4.78, 5) is 39.4. The van der Waals surface area contributed by atoms with Crippen LogP contribution in [-0.2, 0) is 16.1 Å². The predicted molar refractivity (Wildman–Crippen MR) is 106 cm³/mol. The molecule has 1 saturated heterocycles. The highest BCUT2D eigenvalue weighted by atomic mass is 35.5. The van der Waals surface area contributed by atoms with Gasteiger partial charge in [0.05, 0.1) is 0 Å². The quantitative estimate of drug-likeness (QED) is 0.682. The van der Waals surface area contributed by atoms with E-state index in [1.807, 2.05) is 31.2 Å². The smallest absolute Gasteiger partial charge is 0.322 e. The lowest BCUT2D eigenvalue weighted by atomic mass is 9.82. The van der Waals surface area contributed by atoms with Gasteiger partial charge in [-0.25, -0.2) is 4.79 Å². The van der Waals surface area contributed by atoms with Crippen molar-refractivity contribution in [1.82, 2.24) is 20.7 Å². The highest BCUT2D eigenvalue weighted by Gasteiger charge is 2.52. The number of benzene rings is 1. The molecule has 2 aliphatic rings. The average molecular weight is 407 g/mol. The average Bonchev–Trinajstić information content (AvgIpc) is 2.89. The molecule has 152 valence electrons. The molecule has 1 spiro atoms. The Hall–Kier alpha value is -2.12. The zero-order valence-electron chi connectivity index (χ0n) is 16.2. The maximum absolute atomic E-state index is 12.7. The molecule has 1 aromatic rings. The van der Waals surface area contributed by atoms with Gasteiger partial charge in [-0.05, 0) is 37.1 Å². The summed E-state index contributed by atoms with van der Waals surface area (Å²) in [6.07, 6.45) is 4.33. The number of hydrogen-bond donors (Lipinski definition) is 2. The summed E-state index contributed by atoms with van der Waals surface area (Å²) in [5.74, 6) is -0.683. The normalized spacial score (nSPS) is 18.6. The molecule has 0 atom stereocenters. The van der Waals surface area contributed by atoms with Crippen molar-refractivity contribution < 1.29 is 14.4 Å². The summed E-state index contributed by atoms with van der Waals surface area (Å²) in [5, 5.41) is 4.33. The maximum Gasteiger partial charge on any atom is 0.344 e. The molecule has 28 heavy (non-hydrogen) atoms.